The van der Waals surface area contributed by atoms with E-state index >= 15 is 0 Å². The van der Waals surface area contributed by atoms with Crippen LogP contribution in [0.2, 0.25) is 0 Å². The summed E-state index contributed by atoms with van der Waals surface area (Å²) in [7, 11) is 1.53. The maximum absolute atomic E-state index is 12.4. The van der Waals surface area contributed by atoms with E-state index in [2.05, 4.69) is 26.5 Å². The molecule has 0 saturated carbocycles. The fourth-order valence-electron chi connectivity index (χ4n) is 2.53. The average Bonchev–Trinajstić information content (AvgIpc) is 2.73. The number of carbonyl (C=O) groups is 2. The van der Waals surface area contributed by atoms with Gasteiger partial charge in [-0.15, -0.1) is 0 Å². The molecule has 0 aliphatic carbocycles. The molecule has 2 aromatic rings. The highest BCUT2D eigenvalue weighted by atomic mass is 79.9. The summed E-state index contributed by atoms with van der Waals surface area (Å²) in [6.07, 6.45) is 1.45. The molecule has 0 bridgehead atoms. The fourth-order valence-corrected chi connectivity index (χ4v) is 3.10. The van der Waals surface area contributed by atoms with Crippen LogP contribution in [-0.4, -0.2) is 45.0 Å². The Kier molecular flexibility index (Phi) is 9.13. The minimum Gasteiger partial charge on any atom is -0.493 e. The molecular formula is C21H24BrN3O6. The summed E-state index contributed by atoms with van der Waals surface area (Å²) < 4.78 is 22.2. The summed E-state index contributed by atoms with van der Waals surface area (Å²) in [5.74, 6) is 0.748. The molecule has 0 spiro atoms. The van der Waals surface area contributed by atoms with Crippen molar-refractivity contribution in [1.29, 1.82) is 0 Å². The smallest absolute Gasteiger partial charge is 0.271 e. The Balaban J connectivity index is 2.15. The van der Waals surface area contributed by atoms with Gasteiger partial charge < -0.3 is 24.7 Å². The Morgan fingerprint density at radius 3 is 2.42 bits per heavy atom. The van der Waals surface area contributed by atoms with Crippen molar-refractivity contribution >= 4 is 34.0 Å². The second-order valence-electron chi connectivity index (χ2n) is 6.02. The number of amides is 2. The number of methoxy groups -OCH3 is 1. The summed E-state index contributed by atoms with van der Waals surface area (Å²) in [6, 6.07) is 8.22. The molecule has 0 heterocycles. The van der Waals surface area contributed by atoms with Crippen molar-refractivity contribution in [3.05, 3.63) is 45.9 Å². The number of nitrogens with one attached hydrogen (secondary N) is 1. The van der Waals surface area contributed by atoms with Crippen molar-refractivity contribution in [3.8, 4) is 23.0 Å². The monoisotopic (exact) mass is 493 g/mol. The van der Waals surface area contributed by atoms with Crippen LogP contribution in [-0.2, 0) is 4.79 Å². The van der Waals surface area contributed by atoms with Gasteiger partial charge in [0.25, 0.3) is 11.8 Å². The second-order valence-corrected chi connectivity index (χ2v) is 6.87. The summed E-state index contributed by atoms with van der Waals surface area (Å²) in [6.45, 7) is 4.20. The minimum absolute atomic E-state index is 0.284. The number of hydrogen-bond donors (Lipinski definition) is 2. The number of rotatable bonds is 11. The van der Waals surface area contributed by atoms with Gasteiger partial charge in [0.15, 0.2) is 29.6 Å². The van der Waals surface area contributed by atoms with Crippen molar-refractivity contribution < 1.29 is 28.5 Å². The lowest BCUT2D eigenvalue weighted by atomic mass is 10.2. The first-order valence-corrected chi connectivity index (χ1v) is 10.2. The molecule has 2 aromatic carbocycles. The first-order valence-electron chi connectivity index (χ1n) is 9.41. The highest BCUT2D eigenvalue weighted by molar-refractivity contribution is 9.10. The Bertz CT molecular complexity index is 964. The molecule has 166 valence electrons. The zero-order valence-electron chi connectivity index (χ0n) is 17.4. The maximum atomic E-state index is 12.4. The molecule has 10 heteroatoms. The maximum Gasteiger partial charge on any atom is 0.271 e. The number of halogens is 1. The second kappa shape index (κ2) is 11.8. The first kappa shape index (κ1) is 24.0. The Hall–Kier alpha value is -3.27. The van der Waals surface area contributed by atoms with E-state index in [0.717, 1.165) is 0 Å². The van der Waals surface area contributed by atoms with E-state index in [1.54, 1.807) is 30.3 Å². The topological polar surface area (TPSA) is 121 Å². The Labute approximate surface area is 188 Å². The van der Waals surface area contributed by atoms with Gasteiger partial charge >= 0.3 is 0 Å². The van der Waals surface area contributed by atoms with E-state index in [4.69, 9.17) is 24.7 Å². The van der Waals surface area contributed by atoms with Crippen LogP contribution >= 0.6 is 15.9 Å². The molecule has 2 rings (SSSR count). The third-order valence-corrected chi connectivity index (χ3v) is 4.38. The third-order valence-electron chi connectivity index (χ3n) is 3.80. The number of benzene rings is 2. The van der Waals surface area contributed by atoms with E-state index in [1.807, 2.05) is 13.8 Å². The molecule has 0 aliphatic rings. The quantitative estimate of drug-likeness (QED) is 0.366. The van der Waals surface area contributed by atoms with Crippen molar-refractivity contribution in [2.24, 2.45) is 10.8 Å². The van der Waals surface area contributed by atoms with Crippen molar-refractivity contribution in [3.63, 3.8) is 0 Å². The predicted molar refractivity (Wildman–Crippen MR) is 119 cm³/mol. The van der Waals surface area contributed by atoms with E-state index in [9.17, 15) is 9.59 Å². The zero-order valence-corrected chi connectivity index (χ0v) is 19.0. The lowest BCUT2D eigenvalue weighted by Crippen LogP contribution is -2.20. The zero-order chi connectivity index (χ0) is 22.8. The van der Waals surface area contributed by atoms with Gasteiger partial charge in [0.05, 0.1) is 31.0 Å². The number of ether oxygens (including phenoxy) is 4. The van der Waals surface area contributed by atoms with Crippen LogP contribution in [0.15, 0.2) is 39.9 Å². The van der Waals surface area contributed by atoms with Gasteiger partial charge in [-0.2, -0.15) is 5.10 Å². The third kappa shape index (κ3) is 6.88. The lowest BCUT2D eigenvalue weighted by molar-refractivity contribution is -0.119. The summed E-state index contributed by atoms with van der Waals surface area (Å²) in [5.41, 5.74) is 8.60. The van der Waals surface area contributed by atoms with Crippen LogP contribution in [0.5, 0.6) is 23.0 Å². The minimum atomic E-state index is -0.603. The van der Waals surface area contributed by atoms with Crippen molar-refractivity contribution in [2.75, 3.05) is 26.9 Å². The van der Waals surface area contributed by atoms with Gasteiger partial charge in [0.1, 0.15) is 0 Å². The van der Waals surface area contributed by atoms with Crippen molar-refractivity contribution in [1.82, 2.24) is 5.43 Å². The molecule has 0 radical (unpaired) electrons. The predicted octanol–water partition coefficient (Wildman–Crippen LogP) is 2.88. The summed E-state index contributed by atoms with van der Waals surface area (Å²) >= 11 is 3.38. The van der Waals surface area contributed by atoms with E-state index in [-0.39, 0.29) is 6.61 Å². The number of nitrogens with two attached hydrogens (primary N) is 1. The highest BCUT2D eigenvalue weighted by Crippen LogP contribution is 2.36. The molecule has 0 saturated heterocycles. The molecule has 0 unspecified atom stereocenters. The fraction of sp³-hybridized carbons (Fsp3) is 0.286. The van der Waals surface area contributed by atoms with Gasteiger partial charge in [-0.25, -0.2) is 5.43 Å². The summed E-state index contributed by atoms with van der Waals surface area (Å²) in [4.78, 5) is 23.4. The summed E-state index contributed by atoms with van der Waals surface area (Å²) in [5, 5.41) is 3.99. The first-order chi connectivity index (χ1) is 14.9. The molecule has 0 aliphatic heterocycles. The van der Waals surface area contributed by atoms with Gasteiger partial charge in [-0.05, 0) is 65.7 Å². The molecular weight excluding hydrogens is 470 g/mol. The van der Waals surface area contributed by atoms with E-state index in [0.29, 0.717) is 51.8 Å². The molecule has 2 amide bonds. The highest BCUT2D eigenvalue weighted by Gasteiger charge is 2.13. The van der Waals surface area contributed by atoms with Gasteiger partial charge in [0, 0.05) is 5.56 Å². The lowest BCUT2D eigenvalue weighted by Gasteiger charge is -2.13. The van der Waals surface area contributed by atoms with Crippen LogP contribution in [0.1, 0.15) is 29.8 Å². The normalized spacial score (nSPS) is 10.6. The van der Waals surface area contributed by atoms with Gasteiger partial charge in [-0.1, -0.05) is 0 Å². The molecule has 31 heavy (non-hydrogen) atoms. The number of hydrazone groups is 1. The van der Waals surface area contributed by atoms with Crippen LogP contribution in [0.4, 0.5) is 0 Å². The molecule has 3 N–H and O–H groups in total. The van der Waals surface area contributed by atoms with E-state index in [1.165, 1.54) is 13.3 Å². The van der Waals surface area contributed by atoms with Gasteiger partial charge in [-0.3, -0.25) is 9.59 Å². The van der Waals surface area contributed by atoms with Gasteiger partial charge in [0.2, 0.25) is 0 Å². The number of carbonyl (C=O) groups excluding carboxylic acids is 2. The molecule has 0 atom stereocenters. The van der Waals surface area contributed by atoms with Crippen LogP contribution in [0.25, 0.3) is 0 Å². The molecule has 0 fully saturated rings. The Morgan fingerprint density at radius 2 is 1.77 bits per heavy atom. The van der Waals surface area contributed by atoms with Crippen LogP contribution in [0, 0.1) is 0 Å². The number of hydrogen-bond acceptors (Lipinski definition) is 7. The standard InChI is InChI=1S/C21H24BrN3O6/c1-4-29-17-10-14(6-7-16(17)28-3)21(27)25-24-11-13-8-15(22)20(31-12-19(23)26)18(9-13)30-5-2/h6-11H,4-5,12H2,1-3H3,(H2,23,26)(H,25,27)/b24-11+. The van der Waals surface area contributed by atoms with Crippen LogP contribution in [0.3, 0.4) is 0 Å². The van der Waals surface area contributed by atoms with Crippen molar-refractivity contribution in [2.45, 2.75) is 13.8 Å². The van der Waals surface area contributed by atoms with E-state index < -0.39 is 11.8 Å². The number of nitrogens with zero attached hydrogens (tertiary/aromatic N) is 1. The Morgan fingerprint density at radius 1 is 1.06 bits per heavy atom. The largest absolute Gasteiger partial charge is 0.493 e. The van der Waals surface area contributed by atoms with Crippen LogP contribution < -0.4 is 30.1 Å². The molecule has 0 aromatic heterocycles. The number of primary amides is 1. The molecule has 9 nitrogen and oxygen atoms in total. The average molecular weight is 494 g/mol. The SMILES string of the molecule is CCOc1cc(C(=O)N/N=C/c2cc(Br)c(OCC(N)=O)c(OCC)c2)ccc1OC.